The van der Waals surface area contributed by atoms with Crippen LogP contribution < -0.4 is 15.4 Å². The lowest BCUT2D eigenvalue weighted by Crippen LogP contribution is -2.26. The minimum atomic E-state index is -2.37. The number of rotatable bonds is 12. The molecule has 6 rings (SSSR count). The van der Waals surface area contributed by atoms with Crippen LogP contribution in [0.15, 0.2) is 95.3 Å². The van der Waals surface area contributed by atoms with Gasteiger partial charge < -0.3 is 15.4 Å². The minimum Gasteiger partial charge on any atom is -0.488 e. The SMILES string of the molecule is O=S(=O)=C(CNCCc1nc(-c2cc3c(Nc4ccc(OCc5cccc(F)c5)c(Br)c4)ncnc3cn2)cs1)c1ccccn1. The van der Waals surface area contributed by atoms with E-state index in [0.29, 0.717) is 41.4 Å². The van der Waals surface area contributed by atoms with E-state index in [1.54, 1.807) is 36.7 Å². The summed E-state index contributed by atoms with van der Waals surface area (Å²) in [6.45, 7) is 0.950. The number of benzene rings is 2. The fourth-order valence-corrected chi connectivity index (χ4v) is 6.32. The highest BCUT2D eigenvalue weighted by Gasteiger charge is 2.13. The zero-order valence-corrected chi connectivity index (χ0v) is 27.2. The predicted molar refractivity (Wildman–Crippen MR) is 180 cm³/mol. The summed E-state index contributed by atoms with van der Waals surface area (Å²) in [4.78, 5) is 22.5. The van der Waals surface area contributed by atoms with Crippen molar-refractivity contribution in [2.75, 3.05) is 18.4 Å². The van der Waals surface area contributed by atoms with Crippen LogP contribution in [-0.4, -0.2) is 51.3 Å². The number of anilines is 2. The number of ether oxygens (including phenoxy) is 1. The normalized spacial score (nSPS) is 11.0. The summed E-state index contributed by atoms with van der Waals surface area (Å²) in [5.41, 5.74) is 4.01. The molecule has 10 nitrogen and oxygen atoms in total. The number of halogens is 2. The molecule has 232 valence electrons. The first-order valence-corrected chi connectivity index (χ1v) is 16.7. The van der Waals surface area contributed by atoms with E-state index in [0.717, 1.165) is 31.8 Å². The number of hydrogen-bond donors (Lipinski definition) is 2. The smallest absolute Gasteiger partial charge is 0.220 e. The van der Waals surface area contributed by atoms with E-state index in [1.807, 2.05) is 35.7 Å². The van der Waals surface area contributed by atoms with Crippen molar-refractivity contribution in [2.24, 2.45) is 0 Å². The highest BCUT2D eigenvalue weighted by atomic mass is 79.9. The van der Waals surface area contributed by atoms with Gasteiger partial charge in [0, 0.05) is 42.2 Å². The molecule has 0 saturated heterocycles. The lowest BCUT2D eigenvalue weighted by atomic mass is 10.2. The van der Waals surface area contributed by atoms with E-state index >= 15 is 0 Å². The standard InChI is InChI=1S/C32H25BrFN7O3S2/c33-24-13-22(7-8-29(24)44-17-20-4-3-5-21(34)12-20)40-32-23-14-26(37-15-27(23)38-19-39-32)28-18-45-31(41-28)9-11-35-16-30(46(42)43)25-6-1-2-10-36-25/h1-8,10,12-15,18-19,35H,9,11,16-17H2,(H,38,39,40). The highest BCUT2D eigenvalue weighted by molar-refractivity contribution is 9.10. The third kappa shape index (κ3) is 7.77. The van der Waals surface area contributed by atoms with Crippen LogP contribution in [0.5, 0.6) is 5.75 Å². The first kappa shape index (κ1) is 31.4. The van der Waals surface area contributed by atoms with Crippen LogP contribution in [0.2, 0.25) is 0 Å². The highest BCUT2D eigenvalue weighted by Crippen LogP contribution is 2.32. The molecule has 0 bridgehead atoms. The molecule has 0 aliphatic heterocycles. The van der Waals surface area contributed by atoms with Crippen molar-refractivity contribution in [2.45, 2.75) is 13.0 Å². The summed E-state index contributed by atoms with van der Waals surface area (Å²) in [5, 5.41) is 10.1. The van der Waals surface area contributed by atoms with Crippen molar-refractivity contribution < 1.29 is 17.5 Å². The third-order valence-electron chi connectivity index (χ3n) is 6.77. The molecule has 0 amide bonds. The molecule has 4 heterocycles. The molecule has 4 aromatic heterocycles. The quantitative estimate of drug-likeness (QED) is 0.0883. The Kier molecular flexibility index (Phi) is 9.98. The molecular weight excluding hydrogens is 693 g/mol. The van der Waals surface area contributed by atoms with Crippen LogP contribution in [0.1, 0.15) is 16.3 Å². The second-order valence-corrected chi connectivity index (χ2v) is 12.7. The van der Waals surface area contributed by atoms with Gasteiger partial charge in [-0.2, -0.15) is 8.42 Å². The Morgan fingerprint density at radius 2 is 1.89 bits per heavy atom. The Labute approximate surface area is 277 Å². The number of aromatic nitrogens is 5. The zero-order valence-electron chi connectivity index (χ0n) is 24.0. The molecule has 6 aromatic rings. The first-order valence-electron chi connectivity index (χ1n) is 14.0. The molecule has 0 atom stereocenters. The van der Waals surface area contributed by atoms with Gasteiger partial charge in [0.1, 0.15) is 35.2 Å². The molecule has 0 spiro atoms. The lowest BCUT2D eigenvalue weighted by molar-refractivity contribution is 0.303. The van der Waals surface area contributed by atoms with Crippen molar-refractivity contribution in [1.82, 2.24) is 30.2 Å². The van der Waals surface area contributed by atoms with Crippen molar-refractivity contribution in [3.05, 3.63) is 117 Å². The van der Waals surface area contributed by atoms with Crippen LogP contribution >= 0.6 is 27.3 Å². The average molecular weight is 719 g/mol. The van der Waals surface area contributed by atoms with Gasteiger partial charge in [-0.15, -0.1) is 11.3 Å². The molecule has 14 heteroatoms. The molecule has 46 heavy (non-hydrogen) atoms. The molecule has 2 N–H and O–H groups in total. The molecule has 2 aromatic carbocycles. The average Bonchev–Trinajstić information content (AvgIpc) is 3.54. The maximum atomic E-state index is 13.5. The van der Waals surface area contributed by atoms with E-state index < -0.39 is 10.3 Å². The van der Waals surface area contributed by atoms with E-state index in [9.17, 15) is 12.8 Å². The Morgan fingerprint density at radius 1 is 0.978 bits per heavy atom. The number of nitrogens with one attached hydrogen (secondary N) is 2. The molecule has 0 unspecified atom stereocenters. The van der Waals surface area contributed by atoms with Gasteiger partial charge in [-0.05, 0) is 70.0 Å². The van der Waals surface area contributed by atoms with Gasteiger partial charge in [-0.1, -0.05) is 18.2 Å². The van der Waals surface area contributed by atoms with E-state index in [4.69, 9.17) is 9.72 Å². The summed E-state index contributed by atoms with van der Waals surface area (Å²) < 4.78 is 43.5. The van der Waals surface area contributed by atoms with Gasteiger partial charge in [0.2, 0.25) is 10.3 Å². The number of nitrogens with zero attached hydrogens (tertiary/aromatic N) is 5. The summed E-state index contributed by atoms with van der Waals surface area (Å²) in [6.07, 6.45) is 5.35. The van der Waals surface area contributed by atoms with E-state index in [-0.39, 0.29) is 23.8 Å². The van der Waals surface area contributed by atoms with Gasteiger partial charge in [-0.3, -0.25) is 9.97 Å². The van der Waals surface area contributed by atoms with Gasteiger partial charge in [0.15, 0.2) is 0 Å². The monoisotopic (exact) mass is 717 g/mol. The Bertz CT molecular complexity index is 2140. The first-order chi connectivity index (χ1) is 22.4. The molecule has 0 aliphatic carbocycles. The second-order valence-electron chi connectivity index (χ2n) is 9.92. The van der Waals surface area contributed by atoms with E-state index in [2.05, 4.69) is 46.5 Å². The predicted octanol–water partition coefficient (Wildman–Crippen LogP) is 6.00. The molecule has 0 fully saturated rings. The number of pyridine rings is 2. The fraction of sp³-hybridized carbons (Fsp3) is 0.125. The minimum absolute atomic E-state index is 0.175. The summed E-state index contributed by atoms with van der Waals surface area (Å²) >= 11 is 5.07. The zero-order chi connectivity index (χ0) is 31.9. The molecular formula is C32H25BrFN7O3S2. The van der Waals surface area contributed by atoms with Crippen LogP contribution in [0.3, 0.4) is 0 Å². The summed E-state index contributed by atoms with van der Waals surface area (Å²) in [5.74, 6) is 0.918. The van der Waals surface area contributed by atoms with Gasteiger partial charge in [-0.25, -0.2) is 19.3 Å². The summed E-state index contributed by atoms with van der Waals surface area (Å²) in [7, 11) is -2.37. The third-order valence-corrected chi connectivity index (χ3v) is 9.05. The van der Waals surface area contributed by atoms with Crippen LogP contribution in [0, 0.1) is 5.82 Å². The molecule has 0 aliphatic rings. The molecule has 0 radical (unpaired) electrons. The van der Waals surface area contributed by atoms with Crippen molar-refractivity contribution in [1.29, 1.82) is 0 Å². The fourth-order valence-electron chi connectivity index (χ4n) is 4.52. The number of thiazole rings is 1. The van der Waals surface area contributed by atoms with Crippen molar-refractivity contribution in [3.63, 3.8) is 0 Å². The maximum Gasteiger partial charge on any atom is 0.220 e. The molecule has 0 saturated carbocycles. The maximum absolute atomic E-state index is 13.5. The summed E-state index contributed by atoms with van der Waals surface area (Å²) in [6, 6.07) is 18.9. The van der Waals surface area contributed by atoms with Gasteiger partial charge in [0.25, 0.3) is 0 Å². The lowest BCUT2D eigenvalue weighted by Gasteiger charge is -2.12. The Morgan fingerprint density at radius 3 is 2.70 bits per heavy atom. The Balaban J connectivity index is 1.11. The van der Waals surface area contributed by atoms with E-state index in [1.165, 1.54) is 29.8 Å². The van der Waals surface area contributed by atoms with Crippen molar-refractivity contribution >= 4 is 64.8 Å². The van der Waals surface area contributed by atoms with Gasteiger partial charge >= 0.3 is 0 Å². The number of hydrogen-bond acceptors (Lipinski definition) is 11. The van der Waals surface area contributed by atoms with Crippen LogP contribution in [0.4, 0.5) is 15.9 Å². The Hall–Kier alpha value is -4.63. The van der Waals surface area contributed by atoms with Crippen LogP contribution in [-0.2, 0) is 23.3 Å². The van der Waals surface area contributed by atoms with Crippen LogP contribution in [0.25, 0.3) is 22.3 Å². The second kappa shape index (κ2) is 14.6. The van der Waals surface area contributed by atoms with Crippen molar-refractivity contribution in [3.8, 4) is 17.1 Å². The number of fused-ring (bicyclic) bond motifs is 1. The largest absolute Gasteiger partial charge is 0.488 e. The topological polar surface area (TPSA) is 132 Å². The van der Waals surface area contributed by atoms with Gasteiger partial charge in [0.05, 0.1) is 38.3 Å².